The van der Waals surface area contributed by atoms with Gasteiger partial charge in [0, 0.05) is 10.4 Å². The van der Waals surface area contributed by atoms with Gasteiger partial charge in [-0.15, -0.1) is 0 Å². The number of hydrogen-bond acceptors (Lipinski definition) is 10. The summed E-state index contributed by atoms with van der Waals surface area (Å²) in [5.74, 6) is 0. The zero-order chi connectivity index (χ0) is 13.8. The van der Waals surface area contributed by atoms with Gasteiger partial charge in [0.25, 0.3) is 0 Å². The van der Waals surface area contributed by atoms with E-state index in [1.54, 1.807) is 0 Å². The molecule has 6 N–H and O–H groups in total. The Kier molecular flexibility index (Phi) is 16.2. The monoisotopic (exact) mass is 337 g/mol. The van der Waals surface area contributed by atoms with Crippen molar-refractivity contribution in [1.29, 1.82) is 0 Å². The van der Waals surface area contributed by atoms with Crippen LogP contribution in [0.1, 0.15) is 0 Å². The number of ether oxygens (including phenoxy) is 1. The van der Waals surface area contributed by atoms with Crippen molar-refractivity contribution in [3.05, 3.63) is 0 Å². The Bertz CT molecular complexity index is 318. The van der Waals surface area contributed by atoms with Crippen LogP contribution >= 0.6 is 0 Å². The van der Waals surface area contributed by atoms with Crippen LogP contribution in [0, 0.1) is 0 Å². The van der Waals surface area contributed by atoms with Crippen molar-refractivity contribution in [2.24, 2.45) is 5.73 Å². The molecule has 0 spiro atoms. The molecule has 0 aromatic carbocycles. The Hall–Kier alpha value is 2.27. The summed E-state index contributed by atoms with van der Waals surface area (Å²) in [6, 6.07) is -1.04. The van der Waals surface area contributed by atoms with Crippen LogP contribution in [0.2, 0.25) is 0 Å². The zero-order valence-corrected chi connectivity index (χ0v) is 16.3. The molecule has 104 valence electrons. The van der Waals surface area contributed by atoms with Gasteiger partial charge < -0.3 is 40.0 Å². The smallest absolute Gasteiger partial charge is 0.759 e. The normalized spacial score (nSPS) is 34.2. The van der Waals surface area contributed by atoms with Gasteiger partial charge in [0.05, 0.1) is 12.6 Å². The summed E-state index contributed by atoms with van der Waals surface area (Å²) < 4.78 is 38.8. The second-order valence-corrected chi connectivity index (χ2v) is 4.03. The Labute approximate surface area is 174 Å². The number of aliphatic hydroxyl groups is 4. The Morgan fingerprint density at radius 1 is 1.16 bits per heavy atom. The third-order valence-electron chi connectivity index (χ3n) is 1.95. The summed E-state index contributed by atoms with van der Waals surface area (Å²) in [6.45, 7) is -0.470. The van der Waals surface area contributed by atoms with E-state index in [1.165, 1.54) is 0 Å². The quantitative estimate of drug-likeness (QED) is 0.174. The summed E-state index contributed by atoms with van der Waals surface area (Å²) in [7, 11) is -5.17. The third-order valence-corrected chi connectivity index (χ3v) is 1.95. The van der Waals surface area contributed by atoms with Gasteiger partial charge in [-0.1, -0.05) is 0 Å². The van der Waals surface area contributed by atoms with Crippen molar-refractivity contribution in [3.8, 4) is 0 Å². The molecule has 1 aliphatic heterocycles. The van der Waals surface area contributed by atoms with Gasteiger partial charge in [-0.3, -0.25) is 8.42 Å². The molecule has 5 atom stereocenters. The zero-order valence-electron chi connectivity index (χ0n) is 10.4. The predicted molar refractivity (Wildman–Crippen MR) is 48.4 cm³/mol. The first-order valence-corrected chi connectivity index (χ1v) is 5.64. The molecule has 0 amide bonds. The maximum absolute atomic E-state index is 9.20. The molecular formula is C6H13KNNaO9S. The number of hydrogen-bond donors (Lipinski definition) is 5. The largest absolute Gasteiger partial charge is 1.00 e. The van der Waals surface area contributed by atoms with E-state index in [-0.39, 0.29) is 80.9 Å². The van der Waals surface area contributed by atoms with Crippen LogP contribution in [-0.2, 0) is 15.1 Å². The molecule has 1 saturated heterocycles. The summed E-state index contributed by atoms with van der Waals surface area (Å²) in [5, 5.41) is 36.1. The molecule has 0 aromatic rings. The number of aliphatic hydroxyl groups excluding tert-OH is 4. The van der Waals surface area contributed by atoms with E-state index in [9.17, 15) is 10.2 Å². The van der Waals surface area contributed by atoms with E-state index in [0.717, 1.165) is 0 Å². The van der Waals surface area contributed by atoms with Crippen molar-refractivity contribution in [3.63, 3.8) is 0 Å². The predicted octanol–water partition coefficient (Wildman–Crippen LogP) is -10.6. The van der Waals surface area contributed by atoms with Gasteiger partial charge >= 0.3 is 80.9 Å². The fraction of sp³-hybridized carbons (Fsp3) is 1.00. The van der Waals surface area contributed by atoms with Gasteiger partial charge in [-0.2, -0.15) is 0 Å². The maximum atomic E-state index is 9.20. The van der Waals surface area contributed by atoms with E-state index < -0.39 is 47.6 Å². The summed E-state index contributed by atoms with van der Waals surface area (Å²) in [5.41, 5.74) is 5.26. The third kappa shape index (κ3) is 11.5. The van der Waals surface area contributed by atoms with E-state index in [2.05, 4.69) is 0 Å². The first-order valence-electron chi connectivity index (χ1n) is 4.30. The molecule has 0 saturated carbocycles. The summed E-state index contributed by atoms with van der Waals surface area (Å²) in [4.78, 5) is 0. The van der Waals surface area contributed by atoms with Gasteiger partial charge in [-0.25, -0.2) is 0 Å². The van der Waals surface area contributed by atoms with Crippen LogP contribution in [-0.4, -0.2) is 75.2 Å². The molecule has 0 radical (unpaired) electrons. The molecule has 1 heterocycles. The molecule has 1 rings (SSSR count). The average Bonchev–Trinajstić information content (AvgIpc) is 2.18. The molecule has 10 nitrogen and oxygen atoms in total. The topological polar surface area (TPSA) is 196 Å². The molecule has 0 aromatic heterocycles. The Morgan fingerprint density at radius 2 is 1.53 bits per heavy atom. The van der Waals surface area contributed by atoms with E-state index >= 15 is 0 Å². The SMILES string of the molecule is N[C@H]1C(O)O[C@H](CO)[C@@H](O)[C@@H]1O.O=S(=O)([O-])[O-].[K+].[Na+]. The van der Waals surface area contributed by atoms with Gasteiger partial charge in [0.15, 0.2) is 6.29 Å². The molecule has 0 bridgehead atoms. The number of rotatable bonds is 1. The van der Waals surface area contributed by atoms with E-state index in [1.807, 2.05) is 0 Å². The average molecular weight is 337 g/mol. The molecule has 1 unspecified atom stereocenters. The van der Waals surface area contributed by atoms with Crippen LogP contribution in [0.4, 0.5) is 0 Å². The standard InChI is InChI=1S/C6H13NO5.K.Na.H2O4S/c7-3-5(10)4(9)2(1-8)12-6(3)11;;;1-5(2,3)4/h2-6,8-11H,1,7H2;;;(H2,1,2,3,4)/q;2*+1;/p-2/t2-,3-,4-,5-,6?;;;/m1.../s1. The van der Waals surface area contributed by atoms with Gasteiger partial charge in [0.2, 0.25) is 0 Å². The maximum Gasteiger partial charge on any atom is 1.00 e. The Balaban J connectivity index is -0.000000320. The molecule has 13 heteroatoms. The van der Waals surface area contributed by atoms with Gasteiger partial charge in [-0.05, 0) is 0 Å². The summed E-state index contributed by atoms with van der Waals surface area (Å²) in [6.07, 6.45) is -4.85. The van der Waals surface area contributed by atoms with Crippen molar-refractivity contribution in [2.45, 2.75) is 30.6 Å². The van der Waals surface area contributed by atoms with Crippen molar-refractivity contribution < 1.29 is 124 Å². The molecule has 19 heavy (non-hydrogen) atoms. The van der Waals surface area contributed by atoms with Gasteiger partial charge in [0.1, 0.15) is 18.3 Å². The minimum atomic E-state index is -5.17. The molecular weight excluding hydrogens is 324 g/mol. The molecule has 1 fully saturated rings. The van der Waals surface area contributed by atoms with Crippen molar-refractivity contribution in [1.82, 2.24) is 0 Å². The van der Waals surface area contributed by atoms with E-state index in [0.29, 0.717) is 0 Å². The molecule has 0 aliphatic carbocycles. The second kappa shape index (κ2) is 11.8. The van der Waals surface area contributed by atoms with Crippen molar-refractivity contribution >= 4 is 10.4 Å². The van der Waals surface area contributed by atoms with Crippen LogP contribution < -0.4 is 86.7 Å². The first kappa shape index (κ1) is 26.2. The Morgan fingerprint density at radius 3 is 1.84 bits per heavy atom. The molecule has 1 aliphatic rings. The summed E-state index contributed by atoms with van der Waals surface area (Å²) >= 11 is 0. The fourth-order valence-corrected chi connectivity index (χ4v) is 1.12. The van der Waals surface area contributed by atoms with Crippen LogP contribution in [0.15, 0.2) is 0 Å². The van der Waals surface area contributed by atoms with Crippen LogP contribution in [0.5, 0.6) is 0 Å². The fourth-order valence-electron chi connectivity index (χ4n) is 1.12. The minimum Gasteiger partial charge on any atom is -0.759 e. The first-order chi connectivity index (χ1) is 7.57. The van der Waals surface area contributed by atoms with E-state index in [4.69, 9.17) is 38.2 Å². The van der Waals surface area contributed by atoms with Crippen LogP contribution in [0.25, 0.3) is 0 Å². The minimum absolute atomic E-state index is 0. The van der Waals surface area contributed by atoms with Crippen LogP contribution in [0.3, 0.4) is 0 Å². The number of nitrogens with two attached hydrogens (primary N) is 1. The van der Waals surface area contributed by atoms with Crippen molar-refractivity contribution in [2.75, 3.05) is 6.61 Å². The second-order valence-electron chi connectivity index (χ2n) is 3.21.